The van der Waals surface area contributed by atoms with E-state index in [2.05, 4.69) is 0 Å². The normalized spacial score (nSPS) is 13.5. The van der Waals surface area contributed by atoms with Gasteiger partial charge in [0.05, 0.1) is 12.0 Å². The number of hydrogen-bond donors (Lipinski definition) is 0. The summed E-state index contributed by atoms with van der Waals surface area (Å²) in [5.74, 6) is 0.407. The second-order valence-electron chi connectivity index (χ2n) is 5.27. The van der Waals surface area contributed by atoms with Gasteiger partial charge in [-0.3, -0.25) is 0 Å². The van der Waals surface area contributed by atoms with Gasteiger partial charge in [-0.1, -0.05) is 30.3 Å². The number of hydrogen-bond acceptors (Lipinski definition) is 2. The number of benzene rings is 2. The molecule has 0 spiro atoms. The van der Waals surface area contributed by atoms with Crippen molar-refractivity contribution in [3.63, 3.8) is 0 Å². The highest BCUT2D eigenvalue weighted by atomic mass is 19.1. The van der Waals surface area contributed by atoms with Gasteiger partial charge >= 0.3 is 0 Å². The second-order valence-corrected chi connectivity index (χ2v) is 5.27. The highest BCUT2D eigenvalue weighted by molar-refractivity contribution is 5.69. The lowest BCUT2D eigenvalue weighted by Gasteiger charge is -2.24. The van der Waals surface area contributed by atoms with Gasteiger partial charge in [0, 0.05) is 5.56 Å². The molecule has 2 aromatic carbocycles. The van der Waals surface area contributed by atoms with Gasteiger partial charge in [0.25, 0.3) is 0 Å². The van der Waals surface area contributed by atoms with E-state index < -0.39 is 5.41 Å². The standard InChI is InChI=1S/C18H19FO2/c1-3-21-15-8-6-7-14(11-15)12-18(2,13-20)16-9-4-5-10-17(16)19/h4-11,13H,3,12H2,1-2H3. The maximum atomic E-state index is 14.0. The van der Waals surface area contributed by atoms with Crippen molar-refractivity contribution < 1.29 is 13.9 Å². The van der Waals surface area contributed by atoms with E-state index in [1.54, 1.807) is 25.1 Å². The molecule has 0 aromatic heterocycles. The van der Waals surface area contributed by atoms with Crippen LogP contribution in [0.1, 0.15) is 25.0 Å². The van der Waals surface area contributed by atoms with Gasteiger partial charge in [-0.05, 0) is 44.0 Å². The van der Waals surface area contributed by atoms with Crippen LogP contribution in [0.5, 0.6) is 5.75 Å². The number of halogens is 1. The molecule has 0 aliphatic rings. The van der Waals surface area contributed by atoms with Crippen LogP contribution in [0.25, 0.3) is 0 Å². The van der Waals surface area contributed by atoms with Crippen molar-refractivity contribution in [3.05, 3.63) is 65.5 Å². The van der Waals surface area contributed by atoms with Gasteiger partial charge in [-0.15, -0.1) is 0 Å². The lowest BCUT2D eigenvalue weighted by molar-refractivity contribution is -0.112. The second kappa shape index (κ2) is 6.53. The molecule has 2 nitrogen and oxygen atoms in total. The Morgan fingerprint density at radius 1 is 1.19 bits per heavy atom. The summed E-state index contributed by atoms with van der Waals surface area (Å²) < 4.78 is 19.5. The molecule has 1 atom stereocenters. The largest absolute Gasteiger partial charge is 0.494 e. The molecule has 0 bridgehead atoms. The summed E-state index contributed by atoms with van der Waals surface area (Å²) in [6, 6.07) is 14.0. The predicted octanol–water partition coefficient (Wildman–Crippen LogP) is 3.92. The summed E-state index contributed by atoms with van der Waals surface area (Å²) in [4.78, 5) is 11.6. The zero-order valence-electron chi connectivity index (χ0n) is 12.3. The fourth-order valence-corrected chi connectivity index (χ4v) is 2.46. The molecule has 0 aliphatic carbocycles. The summed E-state index contributed by atoms with van der Waals surface area (Å²) in [6.45, 7) is 4.26. The van der Waals surface area contributed by atoms with Crippen molar-refractivity contribution in [2.45, 2.75) is 25.7 Å². The quantitative estimate of drug-likeness (QED) is 0.752. The predicted molar refractivity (Wildman–Crippen MR) is 81.1 cm³/mol. The fourth-order valence-electron chi connectivity index (χ4n) is 2.46. The first-order valence-corrected chi connectivity index (χ1v) is 7.02. The Bertz CT molecular complexity index is 624. The third-order valence-electron chi connectivity index (χ3n) is 3.53. The average Bonchev–Trinajstić information content (AvgIpc) is 2.48. The lowest BCUT2D eigenvalue weighted by atomic mass is 9.78. The molecule has 2 rings (SSSR count). The van der Waals surface area contributed by atoms with Crippen LogP contribution in [-0.2, 0) is 16.6 Å². The number of carbonyl (C=O) groups excluding carboxylic acids is 1. The Morgan fingerprint density at radius 2 is 1.95 bits per heavy atom. The van der Waals surface area contributed by atoms with E-state index in [1.807, 2.05) is 31.2 Å². The molecule has 0 amide bonds. The molecule has 0 saturated heterocycles. The summed E-state index contributed by atoms with van der Waals surface area (Å²) >= 11 is 0. The molecule has 0 fully saturated rings. The van der Waals surface area contributed by atoms with E-state index in [0.29, 0.717) is 18.6 Å². The summed E-state index contributed by atoms with van der Waals surface area (Å²) in [7, 11) is 0. The SMILES string of the molecule is CCOc1cccc(CC(C)(C=O)c2ccccc2F)c1. The van der Waals surface area contributed by atoms with Crippen molar-refractivity contribution in [3.8, 4) is 5.75 Å². The molecule has 0 N–H and O–H groups in total. The Morgan fingerprint density at radius 3 is 2.62 bits per heavy atom. The van der Waals surface area contributed by atoms with Gasteiger partial charge in [0.15, 0.2) is 0 Å². The molecule has 2 aromatic rings. The average molecular weight is 286 g/mol. The smallest absolute Gasteiger partial charge is 0.130 e. The third-order valence-corrected chi connectivity index (χ3v) is 3.53. The molecular formula is C18H19FO2. The fraction of sp³-hybridized carbons (Fsp3) is 0.278. The maximum Gasteiger partial charge on any atom is 0.130 e. The number of ether oxygens (including phenoxy) is 1. The minimum absolute atomic E-state index is 0.354. The van der Waals surface area contributed by atoms with Crippen LogP contribution in [0.3, 0.4) is 0 Å². The van der Waals surface area contributed by atoms with Gasteiger partial charge in [0.2, 0.25) is 0 Å². The molecule has 0 heterocycles. The first-order valence-electron chi connectivity index (χ1n) is 7.02. The Balaban J connectivity index is 2.32. The van der Waals surface area contributed by atoms with Crippen LogP contribution >= 0.6 is 0 Å². The molecule has 0 radical (unpaired) electrons. The van der Waals surface area contributed by atoms with Crippen LogP contribution < -0.4 is 4.74 Å². The van der Waals surface area contributed by atoms with E-state index in [4.69, 9.17) is 4.74 Å². The Hall–Kier alpha value is -2.16. The van der Waals surface area contributed by atoms with Gasteiger partial charge in [-0.25, -0.2) is 4.39 Å². The van der Waals surface area contributed by atoms with Crippen LogP contribution in [0.2, 0.25) is 0 Å². The van der Waals surface area contributed by atoms with Crippen LogP contribution in [0.15, 0.2) is 48.5 Å². The molecule has 21 heavy (non-hydrogen) atoms. The van der Waals surface area contributed by atoms with Crippen molar-refractivity contribution in [2.24, 2.45) is 0 Å². The monoisotopic (exact) mass is 286 g/mol. The van der Waals surface area contributed by atoms with E-state index in [9.17, 15) is 9.18 Å². The lowest BCUT2D eigenvalue weighted by Crippen LogP contribution is -2.28. The zero-order valence-corrected chi connectivity index (χ0v) is 12.3. The zero-order chi connectivity index (χ0) is 15.3. The minimum atomic E-state index is -0.893. The highest BCUT2D eigenvalue weighted by Crippen LogP contribution is 2.29. The van der Waals surface area contributed by atoms with E-state index in [0.717, 1.165) is 17.6 Å². The minimum Gasteiger partial charge on any atom is -0.494 e. The van der Waals surface area contributed by atoms with Crippen molar-refractivity contribution in [1.29, 1.82) is 0 Å². The first kappa shape index (κ1) is 15.2. The molecular weight excluding hydrogens is 267 g/mol. The van der Waals surface area contributed by atoms with Crippen molar-refractivity contribution >= 4 is 6.29 Å². The maximum absolute atomic E-state index is 14.0. The number of rotatable bonds is 6. The summed E-state index contributed by atoms with van der Waals surface area (Å²) in [6.07, 6.45) is 1.25. The van der Waals surface area contributed by atoms with Crippen LogP contribution in [-0.4, -0.2) is 12.9 Å². The highest BCUT2D eigenvalue weighted by Gasteiger charge is 2.29. The number of carbonyl (C=O) groups is 1. The summed E-state index contributed by atoms with van der Waals surface area (Å²) in [5, 5.41) is 0. The van der Waals surface area contributed by atoms with Crippen molar-refractivity contribution in [2.75, 3.05) is 6.61 Å². The first-order chi connectivity index (χ1) is 10.1. The summed E-state index contributed by atoms with van der Waals surface area (Å²) in [5.41, 5.74) is 0.469. The van der Waals surface area contributed by atoms with E-state index in [1.165, 1.54) is 6.07 Å². The molecule has 0 saturated carbocycles. The van der Waals surface area contributed by atoms with Gasteiger partial charge in [0.1, 0.15) is 17.9 Å². The Kier molecular flexibility index (Phi) is 4.73. The van der Waals surface area contributed by atoms with E-state index in [-0.39, 0.29) is 5.82 Å². The van der Waals surface area contributed by atoms with Crippen LogP contribution in [0.4, 0.5) is 4.39 Å². The van der Waals surface area contributed by atoms with E-state index >= 15 is 0 Å². The molecule has 3 heteroatoms. The van der Waals surface area contributed by atoms with Gasteiger partial charge < -0.3 is 9.53 Å². The topological polar surface area (TPSA) is 26.3 Å². The van der Waals surface area contributed by atoms with Gasteiger partial charge in [-0.2, -0.15) is 0 Å². The van der Waals surface area contributed by atoms with Crippen LogP contribution in [0, 0.1) is 5.82 Å². The third kappa shape index (κ3) is 3.48. The number of aldehydes is 1. The molecule has 110 valence electrons. The van der Waals surface area contributed by atoms with Crippen molar-refractivity contribution in [1.82, 2.24) is 0 Å². The Labute approximate surface area is 124 Å². The molecule has 0 aliphatic heterocycles. The molecule has 1 unspecified atom stereocenters.